The first-order valence-electron chi connectivity index (χ1n) is 6.36. The maximum atomic E-state index is 13.6. The molecule has 1 fully saturated rings. The minimum atomic E-state index is -0.691. The molecule has 1 aromatic carbocycles. The first-order chi connectivity index (χ1) is 8.52. The Bertz CT molecular complexity index is 434. The van der Waals surface area contributed by atoms with Crippen molar-refractivity contribution in [3.05, 3.63) is 29.1 Å². The summed E-state index contributed by atoms with van der Waals surface area (Å²) in [5.41, 5.74) is 2.10. The van der Waals surface area contributed by atoms with E-state index in [4.69, 9.17) is 0 Å². The highest BCUT2D eigenvalue weighted by molar-refractivity contribution is 5.57. The van der Waals surface area contributed by atoms with Gasteiger partial charge >= 0.3 is 0 Å². The highest BCUT2D eigenvalue weighted by atomic mass is 19.1. The number of anilines is 1. The van der Waals surface area contributed by atoms with Crippen molar-refractivity contribution in [1.29, 1.82) is 0 Å². The number of hydrogen-bond acceptors (Lipinski definition) is 3. The Morgan fingerprint density at radius 1 is 1.50 bits per heavy atom. The Morgan fingerprint density at radius 2 is 2.22 bits per heavy atom. The Morgan fingerprint density at radius 3 is 2.78 bits per heavy atom. The summed E-state index contributed by atoms with van der Waals surface area (Å²) in [5, 5.41) is 18.9. The van der Waals surface area contributed by atoms with Crippen LogP contribution in [0.4, 0.5) is 10.1 Å². The van der Waals surface area contributed by atoms with Gasteiger partial charge in [0, 0.05) is 36.9 Å². The van der Waals surface area contributed by atoms with E-state index in [1.807, 2.05) is 0 Å². The van der Waals surface area contributed by atoms with Crippen LogP contribution < -0.4 is 4.90 Å². The van der Waals surface area contributed by atoms with Crippen LogP contribution in [0.2, 0.25) is 0 Å². The van der Waals surface area contributed by atoms with Crippen molar-refractivity contribution in [2.24, 2.45) is 5.92 Å². The van der Waals surface area contributed by atoms with Crippen LogP contribution in [0.25, 0.3) is 0 Å². The third kappa shape index (κ3) is 2.49. The van der Waals surface area contributed by atoms with Gasteiger partial charge in [0.05, 0.1) is 6.10 Å². The second-order valence-electron chi connectivity index (χ2n) is 5.12. The normalized spacial score (nSPS) is 21.4. The quantitative estimate of drug-likeness (QED) is 0.866. The summed E-state index contributed by atoms with van der Waals surface area (Å²) in [6.07, 6.45) is 0.245. The zero-order chi connectivity index (χ0) is 13.3. The van der Waals surface area contributed by atoms with E-state index in [0.717, 1.165) is 25.2 Å². The van der Waals surface area contributed by atoms with Gasteiger partial charge < -0.3 is 15.1 Å². The number of hydrogen-bond donors (Lipinski definition) is 2. The summed E-state index contributed by atoms with van der Waals surface area (Å²) in [6.45, 7) is 5.16. The molecule has 0 amide bonds. The molecule has 0 radical (unpaired) electrons. The zero-order valence-corrected chi connectivity index (χ0v) is 10.9. The molecular formula is C14H20FNO2. The maximum Gasteiger partial charge on any atom is 0.126 e. The highest BCUT2D eigenvalue weighted by Crippen LogP contribution is 2.32. The minimum Gasteiger partial charge on any atom is -0.396 e. The molecule has 18 heavy (non-hydrogen) atoms. The molecule has 1 heterocycles. The third-order valence-corrected chi connectivity index (χ3v) is 3.64. The van der Waals surface area contributed by atoms with E-state index in [-0.39, 0.29) is 18.3 Å². The molecular weight excluding hydrogens is 233 g/mol. The molecule has 0 bridgehead atoms. The average molecular weight is 253 g/mol. The lowest BCUT2D eigenvalue weighted by Gasteiger charge is -2.24. The van der Waals surface area contributed by atoms with E-state index in [2.05, 4.69) is 4.90 Å². The monoisotopic (exact) mass is 253 g/mol. The van der Waals surface area contributed by atoms with E-state index >= 15 is 0 Å². The second-order valence-corrected chi connectivity index (χ2v) is 5.12. The first-order valence-corrected chi connectivity index (χ1v) is 6.36. The van der Waals surface area contributed by atoms with Crippen molar-refractivity contribution in [3.8, 4) is 0 Å². The number of aliphatic hydroxyl groups is 2. The van der Waals surface area contributed by atoms with Crippen LogP contribution in [0.15, 0.2) is 12.1 Å². The van der Waals surface area contributed by atoms with Gasteiger partial charge in [-0.1, -0.05) is 0 Å². The summed E-state index contributed by atoms with van der Waals surface area (Å²) >= 11 is 0. The lowest BCUT2D eigenvalue weighted by Crippen LogP contribution is -2.22. The van der Waals surface area contributed by atoms with Crippen molar-refractivity contribution in [1.82, 2.24) is 0 Å². The van der Waals surface area contributed by atoms with Gasteiger partial charge in [0.25, 0.3) is 0 Å². The molecule has 1 aromatic rings. The number of halogens is 1. The molecule has 2 atom stereocenters. The molecule has 3 nitrogen and oxygen atoms in total. The molecule has 0 saturated carbocycles. The molecule has 2 N–H and O–H groups in total. The third-order valence-electron chi connectivity index (χ3n) is 3.64. The average Bonchev–Trinajstić information content (AvgIpc) is 2.80. The van der Waals surface area contributed by atoms with Gasteiger partial charge in [-0.15, -0.1) is 0 Å². The van der Waals surface area contributed by atoms with Crippen LogP contribution in [-0.4, -0.2) is 29.9 Å². The van der Waals surface area contributed by atoms with E-state index < -0.39 is 6.10 Å². The van der Waals surface area contributed by atoms with E-state index in [1.165, 1.54) is 6.07 Å². The van der Waals surface area contributed by atoms with Crippen molar-refractivity contribution >= 4 is 5.69 Å². The summed E-state index contributed by atoms with van der Waals surface area (Å²) < 4.78 is 13.6. The SMILES string of the molecule is Cc1cc(N2CCC(CO)C2)c(C(C)O)cc1F. The van der Waals surface area contributed by atoms with Crippen molar-refractivity contribution < 1.29 is 14.6 Å². The second kappa shape index (κ2) is 5.24. The fraction of sp³-hybridized carbons (Fsp3) is 0.571. The van der Waals surface area contributed by atoms with Crippen LogP contribution in [-0.2, 0) is 0 Å². The molecule has 1 aliphatic heterocycles. The van der Waals surface area contributed by atoms with E-state index in [1.54, 1.807) is 19.9 Å². The summed E-state index contributed by atoms with van der Waals surface area (Å²) in [7, 11) is 0. The summed E-state index contributed by atoms with van der Waals surface area (Å²) in [6, 6.07) is 3.21. The van der Waals surface area contributed by atoms with Crippen LogP contribution >= 0.6 is 0 Å². The van der Waals surface area contributed by atoms with Crippen molar-refractivity contribution in [2.75, 3.05) is 24.6 Å². The fourth-order valence-electron chi connectivity index (χ4n) is 2.49. The molecule has 0 aliphatic carbocycles. The van der Waals surface area contributed by atoms with Gasteiger partial charge in [0.1, 0.15) is 5.82 Å². The van der Waals surface area contributed by atoms with E-state index in [9.17, 15) is 14.6 Å². The standard InChI is InChI=1S/C14H20FNO2/c1-9-5-14(12(10(2)18)6-13(9)15)16-4-3-11(7-16)8-17/h5-6,10-11,17-18H,3-4,7-8H2,1-2H3. The topological polar surface area (TPSA) is 43.7 Å². The van der Waals surface area contributed by atoms with Crippen LogP contribution in [0.5, 0.6) is 0 Å². The van der Waals surface area contributed by atoms with E-state index in [0.29, 0.717) is 11.1 Å². The maximum absolute atomic E-state index is 13.6. The highest BCUT2D eigenvalue weighted by Gasteiger charge is 2.25. The number of aryl methyl sites for hydroxylation is 1. The zero-order valence-electron chi connectivity index (χ0n) is 10.9. The number of benzene rings is 1. The summed E-state index contributed by atoms with van der Waals surface area (Å²) in [4.78, 5) is 2.12. The molecule has 0 aromatic heterocycles. The first kappa shape index (κ1) is 13.3. The smallest absolute Gasteiger partial charge is 0.126 e. The lowest BCUT2D eigenvalue weighted by atomic mass is 10.0. The Kier molecular flexibility index (Phi) is 3.88. The predicted octanol–water partition coefficient (Wildman–Crippen LogP) is 2.01. The minimum absolute atomic E-state index is 0.181. The van der Waals surface area contributed by atoms with Crippen LogP contribution in [0, 0.1) is 18.7 Å². The fourth-order valence-corrected chi connectivity index (χ4v) is 2.49. The van der Waals surface area contributed by atoms with Gasteiger partial charge in [0.2, 0.25) is 0 Å². The lowest BCUT2D eigenvalue weighted by molar-refractivity contribution is 0.199. The number of rotatable bonds is 3. The summed E-state index contributed by atoms with van der Waals surface area (Å²) in [5.74, 6) is -0.00948. The molecule has 2 unspecified atom stereocenters. The Balaban J connectivity index is 2.34. The van der Waals surface area contributed by atoms with Gasteiger partial charge in [-0.05, 0) is 38.0 Å². The van der Waals surface area contributed by atoms with Crippen LogP contribution in [0.1, 0.15) is 30.6 Å². The molecule has 1 saturated heterocycles. The largest absolute Gasteiger partial charge is 0.396 e. The van der Waals surface area contributed by atoms with Gasteiger partial charge in [0.15, 0.2) is 0 Å². The van der Waals surface area contributed by atoms with Gasteiger partial charge in [-0.25, -0.2) is 4.39 Å². The van der Waals surface area contributed by atoms with Gasteiger partial charge in [-0.2, -0.15) is 0 Å². The van der Waals surface area contributed by atoms with Gasteiger partial charge in [-0.3, -0.25) is 0 Å². The molecule has 100 valence electrons. The Labute approximate surface area is 107 Å². The van der Waals surface area contributed by atoms with Crippen molar-refractivity contribution in [2.45, 2.75) is 26.4 Å². The molecule has 4 heteroatoms. The molecule has 2 rings (SSSR count). The Hall–Kier alpha value is -1.13. The predicted molar refractivity (Wildman–Crippen MR) is 69.2 cm³/mol. The number of nitrogens with zero attached hydrogens (tertiary/aromatic N) is 1. The number of aliphatic hydroxyl groups excluding tert-OH is 2. The van der Waals surface area contributed by atoms with Crippen molar-refractivity contribution in [3.63, 3.8) is 0 Å². The molecule has 1 aliphatic rings. The molecule has 0 spiro atoms. The van der Waals surface area contributed by atoms with Crippen LogP contribution in [0.3, 0.4) is 0 Å².